The number of rotatable bonds is 4. The first-order chi connectivity index (χ1) is 14.3. The first kappa shape index (κ1) is 20.2. The van der Waals surface area contributed by atoms with E-state index < -0.39 is 32.3 Å². The Labute approximate surface area is 170 Å². The molecule has 1 aliphatic heterocycles. The van der Waals surface area contributed by atoms with Crippen molar-refractivity contribution in [1.82, 2.24) is 13.8 Å². The van der Waals surface area contributed by atoms with E-state index in [0.29, 0.717) is 17.2 Å². The first-order valence-corrected chi connectivity index (χ1v) is 10.5. The van der Waals surface area contributed by atoms with E-state index >= 15 is 0 Å². The predicted molar refractivity (Wildman–Crippen MR) is 102 cm³/mol. The van der Waals surface area contributed by atoms with Gasteiger partial charge in [0.1, 0.15) is 23.1 Å². The Kier molecular flexibility index (Phi) is 5.16. The van der Waals surface area contributed by atoms with Gasteiger partial charge in [0.25, 0.3) is 0 Å². The number of nitrogens with zero attached hydrogens (tertiary/aromatic N) is 3. The van der Waals surface area contributed by atoms with Gasteiger partial charge in [-0.3, -0.25) is 9.36 Å². The van der Waals surface area contributed by atoms with E-state index in [1.54, 1.807) is 24.3 Å². The monoisotopic (exact) mass is 437 g/mol. The molecule has 11 heteroatoms. The summed E-state index contributed by atoms with van der Waals surface area (Å²) in [6.45, 7) is -0.295. The molecule has 0 radical (unpaired) electrons. The molecule has 1 amide bonds. The van der Waals surface area contributed by atoms with Crippen molar-refractivity contribution >= 4 is 27.0 Å². The normalized spacial score (nSPS) is 15.6. The van der Waals surface area contributed by atoms with Crippen LogP contribution in [0.2, 0.25) is 0 Å². The van der Waals surface area contributed by atoms with Gasteiger partial charge >= 0.3 is 5.76 Å². The van der Waals surface area contributed by atoms with Crippen LogP contribution in [0.25, 0.3) is 11.1 Å². The molecule has 0 saturated carbocycles. The van der Waals surface area contributed by atoms with Crippen molar-refractivity contribution in [3.8, 4) is 0 Å². The van der Waals surface area contributed by atoms with E-state index in [4.69, 9.17) is 4.42 Å². The van der Waals surface area contributed by atoms with Crippen LogP contribution in [0.5, 0.6) is 0 Å². The fraction of sp³-hybridized carbons (Fsp3) is 0.263. The van der Waals surface area contributed by atoms with Gasteiger partial charge in [-0.05, 0) is 30.3 Å². The molecule has 8 nitrogen and oxygen atoms in total. The average Bonchev–Trinajstić information content (AvgIpc) is 3.05. The van der Waals surface area contributed by atoms with E-state index in [1.165, 1.54) is 9.47 Å². The third kappa shape index (κ3) is 3.61. The summed E-state index contributed by atoms with van der Waals surface area (Å²) in [5, 5.41) is 0. The third-order valence-electron chi connectivity index (χ3n) is 4.97. The molecule has 0 aliphatic carbocycles. The lowest BCUT2D eigenvalue weighted by atomic mass is 10.3. The molecule has 3 aromatic rings. The molecule has 2 heterocycles. The zero-order valence-electron chi connectivity index (χ0n) is 15.6. The second-order valence-corrected chi connectivity index (χ2v) is 8.69. The van der Waals surface area contributed by atoms with Gasteiger partial charge in [0.2, 0.25) is 15.9 Å². The Bertz CT molecular complexity index is 1280. The fourth-order valence-electron chi connectivity index (χ4n) is 3.39. The number of para-hydroxylation sites is 2. The molecule has 1 aromatic heterocycles. The van der Waals surface area contributed by atoms with Crippen LogP contribution in [0.15, 0.2) is 56.6 Å². The summed E-state index contributed by atoms with van der Waals surface area (Å²) in [7, 11) is -4.24. The van der Waals surface area contributed by atoms with Crippen LogP contribution in [0, 0.1) is 11.6 Å². The molecule has 158 valence electrons. The smallest absolute Gasteiger partial charge is 0.408 e. The highest BCUT2D eigenvalue weighted by molar-refractivity contribution is 7.89. The van der Waals surface area contributed by atoms with E-state index in [-0.39, 0.29) is 38.6 Å². The van der Waals surface area contributed by atoms with Crippen molar-refractivity contribution in [3.63, 3.8) is 0 Å². The molecule has 0 atom stereocenters. The Hall–Kier alpha value is -3.05. The maximum absolute atomic E-state index is 13.9. The topological polar surface area (TPSA) is 92.8 Å². The molecule has 2 aromatic carbocycles. The first-order valence-electron chi connectivity index (χ1n) is 9.09. The molecule has 0 spiro atoms. The lowest BCUT2D eigenvalue weighted by Crippen LogP contribution is -2.51. The van der Waals surface area contributed by atoms with Crippen LogP contribution in [0.4, 0.5) is 8.78 Å². The third-order valence-corrected chi connectivity index (χ3v) is 6.88. The largest absolute Gasteiger partial charge is 0.420 e. The number of oxazole rings is 1. The van der Waals surface area contributed by atoms with Crippen LogP contribution in [0.3, 0.4) is 0 Å². The molecule has 1 saturated heterocycles. The minimum Gasteiger partial charge on any atom is -0.408 e. The number of hydrogen-bond acceptors (Lipinski definition) is 5. The number of benzene rings is 2. The standard InChI is InChI=1S/C19H17F2N3O5S/c20-13-5-6-14(21)17(11-13)30(27,28)23-9-7-22(8-10-23)18(25)12-24-15-3-1-2-4-16(15)29-19(24)26/h1-6,11H,7-10,12H2. The maximum Gasteiger partial charge on any atom is 0.420 e. The van der Waals surface area contributed by atoms with E-state index in [1.807, 2.05) is 0 Å². The summed E-state index contributed by atoms with van der Waals surface area (Å²) >= 11 is 0. The summed E-state index contributed by atoms with van der Waals surface area (Å²) in [4.78, 5) is 25.3. The zero-order chi connectivity index (χ0) is 21.5. The van der Waals surface area contributed by atoms with Gasteiger partial charge < -0.3 is 9.32 Å². The second kappa shape index (κ2) is 7.65. The van der Waals surface area contributed by atoms with Crippen LogP contribution in [-0.2, 0) is 21.4 Å². The maximum atomic E-state index is 13.9. The number of carbonyl (C=O) groups excluding carboxylic acids is 1. The SMILES string of the molecule is O=C(Cn1c(=O)oc2ccccc21)N1CCN(S(=O)(=O)c2cc(F)ccc2F)CC1. The zero-order valence-corrected chi connectivity index (χ0v) is 16.4. The van der Waals surface area contributed by atoms with Crippen molar-refractivity contribution in [3.05, 3.63) is 64.6 Å². The molecular formula is C19H17F2N3O5S. The number of aromatic nitrogens is 1. The van der Waals surface area contributed by atoms with Crippen LogP contribution < -0.4 is 5.76 Å². The summed E-state index contributed by atoms with van der Waals surface area (Å²) in [5.41, 5.74) is 0.849. The summed E-state index contributed by atoms with van der Waals surface area (Å²) in [6, 6.07) is 8.94. The number of sulfonamides is 1. The van der Waals surface area contributed by atoms with Crippen molar-refractivity contribution in [1.29, 1.82) is 0 Å². The summed E-state index contributed by atoms with van der Waals surface area (Å²) < 4.78 is 59.9. The molecule has 4 rings (SSSR count). The highest BCUT2D eigenvalue weighted by Gasteiger charge is 2.32. The number of halogens is 2. The average molecular weight is 437 g/mol. The van der Waals surface area contributed by atoms with Crippen LogP contribution >= 0.6 is 0 Å². The Morgan fingerprint density at radius 3 is 2.47 bits per heavy atom. The number of carbonyl (C=O) groups is 1. The van der Waals surface area contributed by atoms with Gasteiger partial charge in [-0.25, -0.2) is 22.0 Å². The molecular weight excluding hydrogens is 420 g/mol. The molecule has 0 bridgehead atoms. The Morgan fingerprint density at radius 1 is 1.03 bits per heavy atom. The summed E-state index contributed by atoms with van der Waals surface area (Å²) in [5.74, 6) is -2.94. The van der Waals surface area contributed by atoms with Gasteiger partial charge in [-0.1, -0.05) is 12.1 Å². The van der Waals surface area contributed by atoms with Crippen molar-refractivity contribution in [2.45, 2.75) is 11.4 Å². The van der Waals surface area contributed by atoms with Gasteiger partial charge in [0.05, 0.1) is 5.52 Å². The molecule has 0 unspecified atom stereocenters. The highest BCUT2D eigenvalue weighted by Crippen LogP contribution is 2.22. The van der Waals surface area contributed by atoms with Gasteiger partial charge in [0, 0.05) is 26.2 Å². The number of hydrogen-bond donors (Lipinski definition) is 0. The van der Waals surface area contributed by atoms with Gasteiger partial charge in [0.15, 0.2) is 5.58 Å². The summed E-state index contributed by atoms with van der Waals surface area (Å²) in [6.07, 6.45) is 0. The van der Waals surface area contributed by atoms with E-state index in [2.05, 4.69) is 0 Å². The number of piperazine rings is 1. The molecule has 0 N–H and O–H groups in total. The van der Waals surface area contributed by atoms with E-state index in [0.717, 1.165) is 16.4 Å². The van der Waals surface area contributed by atoms with Crippen LogP contribution in [-0.4, -0.2) is 54.3 Å². The Balaban J connectivity index is 1.46. The van der Waals surface area contributed by atoms with Crippen molar-refractivity contribution in [2.24, 2.45) is 0 Å². The quantitative estimate of drug-likeness (QED) is 0.615. The van der Waals surface area contributed by atoms with E-state index in [9.17, 15) is 26.8 Å². The molecule has 30 heavy (non-hydrogen) atoms. The molecule has 1 fully saturated rings. The highest BCUT2D eigenvalue weighted by atomic mass is 32.2. The van der Waals surface area contributed by atoms with Crippen molar-refractivity contribution in [2.75, 3.05) is 26.2 Å². The Morgan fingerprint density at radius 2 is 1.73 bits per heavy atom. The lowest BCUT2D eigenvalue weighted by molar-refractivity contribution is -0.133. The van der Waals surface area contributed by atoms with Gasteiger partial charge in [-0.2, -0.15) is 4.31 Å². The minimum absolute atomic E-state index is 0.0551. The predicted octanol–water partition coefficient (Wildman–Crippen LogP) is 1.41. The molecule has 1 aliphatic rings. The number of amides is 1. The second-order valence-electron chi connectivity index (χ2n) is 6.78. The van der Waals surface area contributed by atoms with Gasteiger partial charge in [-0.15, -0.1) is 0 Å². The fourth-order valence-corrected chi connectivity index (χ4v) is 4.89. The minimum atomic E-state index is -4.24. The number of fused-ring (bicyclic) bond motifs is 1. The lowest BCUT2D eigenvalue weighted by Gasteiger charge is -2.34. The van der Waals surface area contributed by atoms with Crippen LogP contribution in [0.1, 0.15) is 0 Å². The van der Waals surface area contributed by atoms with Crippen molar-refractivity contribution < 1.29 is 26.4 Å².